The van der Waals surface area contributed by atoms with Crippen LogP contribution in [-0.4, -0.2) is 15.8 Å². The van der Waals surface area contributed by atoms with Gasteiger partial charge in [-0.2, -0.15) is 0 Å². The van der Waals surface area contributed by atoms with E-state index >= 15 is 0 Å². The van der Waals surface area contributed by atoms with Crippen molar-refractivity contribution in [2.24, 2.45) is 0 Å². The zero-order valence-electron chi connectivity index (χ0n) is 15.2. The van der Waals surface area contributed by atoms with Crippen molar-refractivity contribution in [3.63, 3.8) is 0 Å². The van der Waals surface area contributed by atoms with E-state index in [1.165, 1.54) is 12.1 Å². The molecule has 0 saturated carbocycles. The summed E-state index contributed by atoms with van der Waals surface area (Å²) in [6, 6.07) is 16.6. The van der Waals surface area contributed by atoms with E-state index in [4.69, 9.17) is 16.0 Å². The average molecular weight is 408 g/mol. The second-order valence-corrected chi connectivity index (χ2v) is 6.82. The quantitative estimate of drug-likeness (QED) is 0.350. The smallest absolute Gasteiger partial charge is 0.288 e. The molecule has 4 aromatic rings. The van der Waals surface area contributed by atoms with Crippen molar-refractivity contribution in [2.45, 2.75) is 6.92 Å². The number of anilines is 1. The summed E-state index contributed by atoms with van der Waals surface area (Å²) >= 11 is 5.82. The van der Waals surface area contributed by atoms with Crippen molar-refractivity contribution in [1.29, 1.82) is 0 Å². The third-order valence-electron chi connectivity index (χ3n) is 4.35. The molecule has 0 saturated heterocycles. The van der Waals surface area contributed by atoms with Gasteiger partial charge in [0.25, 0.3) is 11.6 Å². The summed E-state index contributed by atoms with van der Waals surface area (Å²) < 4.78 is 5.83. The standard InChI is InChI=1S/C21H14ClN3O4/c1-12-6-9-19-17(10-12)24-21(29-19)14-4-2-3-5-16(14)23-20(26)13-7-8-15(22)18(11-13)25(27)28/h2-11H,1H3,(H,23,26). The van der Waals surface area contributed by atoms with Crippen LogP contribution in [0.4, 0.5) is 11.4 Å². The lowest BCUT2D eigenvalue weighted by atomic mass is 10.1. The number of para-hydroxylation sites is 1. The number of hydrogen-bond acceptors (Lipinski definition) is 5. The third-order valence-corrected chi connectivity index (χ3v) is 4.67. The fourth-order valence-corrected chi connectivity index (χ4v) is 3.11. The maximum absolute atomic E-state index is 12.7. The van der Waals surface area contributed by atoms with Crippen molar-refractivity contribution >= 4 is 40.0 Å². The summed E-state index contributed by atoms with van der Waals surface area (Å²) in [7, 11) is 0. The van der Waals surface area contributed by atoms with Gasteiger partial charge in [0.1, 0.15) is 10.5 Å². The Balaban J connectivity index is 1.69. The number of nitrogens with zero attached hydrogens (tertiary/aromatic N) is 2. The van der Waals surface area contributed by atoms with Gasteiger partial charge in [-0.05, 0) is 48.9 Å². The molecule has 0 fully saturated rings. The molecule has 0 spiro atoms. The first-order chi connectivity index (χ1) is 13.9. The number of aryl methyl sites for hydroxylation is 1. The van der Waals surface area contributed by atoms with Crippen LogP contribution in [0, 0.1) is 17.0 Å². The van der Waals surface area contributed by atoms with Gasteiger partial charge in [0.15, 0.2) is 5.58 Å². The predicted molar refractivity (Wildman–Crippen MR) is 110 cm³/mol. The first-order valence-electron chi connectivity index (χ1n) is 8.64. The van der Waals surface area contributed by atoms with E-state index in [2.05, 4.69) is 10.3 Å². The van der Waals surface area contributed by atoms with Gasteiger partial charge in [0.05, 0.1) is 16.2 Å². The molecule has 29 heavy (non-hydrogen) atoms. The Kier molecular flexibility index (Phi) is 4.74. The maximum atomic E-state index is 12.7. The number of amides is 1. The lowest BCUT2D eigenvalue weighted by Gasteiger charge is -2.09. The number of carbonyl (C=O) groups excluding carboxylic acids is 1. The largest absolute Gasteiger partial charge is 0.436 e. The molecule has 0 atom stereocenters. The Bertz CT molecular complexity index is 1270. The van der Waals surface area contributed by atoms with Gasteiger partial charge in [-0.1, -0.05) is 29.8 Å². The van der Waals surface area contributed by atoms with Gasteiger partial charge in [-0.3, -0.25) is 14.9 Å². The molecule has 0 bridgehead atoms. The average Bonchev–Trinajstić information content (AvgIpc) is 3.11. The van der Waals surface area contributed by atoms with Gasteiger partial charge < -0.3 is 9.73 Å². The van der Waals surface area contributed by atoms with E-state index in [1.807, 2.05) is 25.1 Å². The maximum Gasteiger partial charge on any atom is 0.288 e. The number of halogens is 1. The van der Waals surface area contributed by atoms with Crippen molar-refractivity contribution in [2.75, 3.05) is 5.32 Å². The van der Waals surface area contributed by atoms with Gasteiger partial charge >= 0.3 is 0 Å². The summed E-state index contributed by atoms with van der Waals surface area (Å²) in [6.07, 6.45) is 0. The Hall–Kier alpha value is -3.71. The number of nitrogens with one attached hydrogen (secondary N) is 1. The Morgan fingerprint density at radius 2 is 1.93 bits per heavy atom. The van der Waals surface area contributed by atoms with Crippen LogP contribution in [0.2, 0.25) is 5.02 Å². The second kappa shape index (κ2) is 7.37. The number of carbonyl (C=O) groups is 1. The molecule has 1 amide bonds. The first kappa shape index (κ1) is 18.6. The summed E-state index contributed by atoms with van der Waals surface area (Å²) in [5.74, 6) is -0.146. The van der Waals surface area contributed by atoms with Crippen LogP contribution in [0.1, 0.15) is 15.9 Å². The topological polar surface area (TPSA) is 98.3 Å². The van der Waals surface area contributed by atoms with E-state index in [0.717, 1.165) is 17.1 Å². The van der Waals surface area contributed by atoms with Crippen LogP contribution in [-0.2, 0) is 0 Å². The molecule has 8 heteroatoms. The van der Waals surface area contributed by atoms with Crippen LogP contribution in [0.5, 0.6) is 0 Å². The van der Waals surface area contributed by atoms with Crippen molar-refractivity contribution < 1.29 is 14.1 Å². The minimum Gasteiger partial charge on any atom is -0.436 e. The number of hydrogen-bond donors (Lipinski definition) is 1. The SMILES string of the molecule is Cc1ccc2oc(-c3ccccc3NC(=O)c3ccc(Cl)c([N+](=O)[O-])c3)nc2c1. The highest BCUT2D eigenvalue weighted by Crippen LogP contribution is 2.31. The molecule has 3 aromatic carbocycles. The van der Waals surface area contributed by atoms with Crippen LogP contribution in [0.3, 0.4) is 0 Å². The molecule has 1 heterocycles. The van der Waals surface area contributed by atoms with Crippen molar-refractivity contribution in [3.05, 3.63) is 86.9 Å². The van der Waals surface area contributed by atoms with E-state index in [9.17, 15) is 14.9 Å². The third kappa shape index (κ3) is 3.68. The van der Waals surface area contributed by atoms with Crippen LogP contribution in [0.25, 0.3) is 22.6 Å². The fourth-order valence-electron chi connectivity index (χ4n) is 2.92. The minimum atomic E-state index is -0.632. The van der Waals surface area contributed by atoms with Crippen molar-refractivity contribution in [3.8, 4) is 11.5 Å². The molecular weight excluding hydrogens is 394 g/mol. The lowest BCUT2D eigenvalue weighted by molar-refractivity contribution is -0.384. The number of nitro benzene ring substituents is 1. The van der Waals surface area contributed by atoms with E-state index in [0.29, 0.717) is 22.7 Å². The number of oxazole rings is 1. The highest BCUT2D eigenvalue weighted by molar-refractivity contribution is 6.32. The number of rotatable bonds is 4. The molecule has 0 radical (unpaired) electrons. The molecule has 0 aliphatic heterocycles. The Labute approximate surface area is 170 Å². The highest BCUT2D eigenvalue weighted by atomic mass is 35.5. The van der Waals surface area contributed by atoms with Crippen LogP contribution in [0.15, 0.2) is 65.1 Å². The highest BCUT2D eigenvalue weighted by Gasteiger charge is 2.18. The zero-order valence-corrected chi connectivity index (χ0v) is 15.9. The van der Waals surface area contributed by atoms with E-state index < -0.39 is 10.8 Å². The Morgan fingerprint density at radius 1 is 1.14 bits per heavy atom. The molecule has 1 aromatic heterocycles. The van der Waals surface area contributed by atoms with E-state index in [-0.39, 0.29) is 16.3 Å². The predicted octanol–water partition coefficient (Wildman–Crippen LogP) is 5.62. The summed E-state index contributed by atoms with van der Waals surface area (Å²) in [5.41, 5.74) is 3.26. The Morgan fingerprint density at radius 3 is 2.72 bits per heavy atom. The molecular formula is C21H14ClN3O4. The molecule has 4 rings (SSSR count). The van der Waals surface area contributed by atoms with Crippen molar-refractivity contribution in [1.82, 2.24) is 4.98 Å². The number of fused-ring (bicyclic) bond motifs is 1. The fraction of sp³-hybridized carbons (Fsp3) is 0.0476. The number of aromatic nitrogens is 1. The molecule has 0 aliphatic carbocycles. The van der Waals surface area contributed by atoms with Gasteiger partial charge in [0.2, 0.25) is 5.89 Å². The normalized spacial score (nSPS) is 10.8. The summed E-state index contributed by atoms with van der Waals surface area (Å²) in [4.78, 5) is 27.6. The lowest BCUT2D eigenvalue weighted by Crippen LogP contribution is -2.13. The summed E-state index contributed by atoms with van der Waals surface area (Å²) in [6.45, 7) is 1.97. The second-order valence-electron chi connectivity index (χ2n) is 6.41. The van der Waals surface area contributed by atoms with Gasteiger partial charge in [0, 0.05) is 11.6 Å². The van der Waals surface area contributed by atoms with Crippen LogP contribution >= 0.6 is 11.6 Å². The molecule has 144 valence electrons. The number of nitro groups is 1. The first-order valence-corrected chi connectivity index (χ1v) is 9.02. The molecule has 0 aliphatic rings. The monoisotopic (exact) mass is 407 g/mol. The minimum absolute atomic E-state index is 0.0336. The summed E-state index contributed by atoms with van der Waals surface area (Å²) in [5, 5.41) is 13.8. The van der Waals surface area contributed by atoms with Crippen LogP contribution < -0.4 is 5.32 Å². The van der Waals surface area contributed by atoms with Gasteiger partial charge in [-0.25, -0.2) is 4.98 Å². The number of benzene rings is 3. The molecule has 1 N–H and O–H groups in total. The zero-order chi connectivity index (χ0) is 20.5. The van der Waals surface area contributed by atoms with Gasteiger partial charge in [-0.15, -0.1) is 0 Å². The molecule has 7 nitrogen and oxygen atoms in total. The van der Waals surface area contributed by atoms with E-state index in [1.54, 1.807) is 24.3 Å². The molecule has 0 unspecified atom stereocenters.